The molecule has 0 amide bonds. The van der Waals surface area contributed by atoms with Crippen LogP contribution in [0.1, 0.15) is 15.0 Å². The predicted octanol–water partition coefficient (Wildman–Crippen LogP) is 8.11. The molecule has 41 heavy (non-hydrogen) atoms. The number of sulfone groups is 2. The second kappa shape index (κ2) is 12.3. The van der Waals surface area contributed by atoms with Crippen LogP contribution in [0.5, 0.6) is 0 Å². The van der Waals surface area contributed by atoms with Crippen molar-refractivity contribution in [2.45, 2.75) is 32.1 Å². The van der Waals surface area contributed by atoms with E-state index in [-0.39, 0.29) is 30.5 Å². The van der Waals surface area contributed by atoms with Crippen LogP contribution < -0.4 is 5.73 Å². The summed E-state index contributed by atoms with van der Waals surface area (Å²) in [6.45, 7) is 4.87. The molecule has 0 spiro atoms. The Bertz CT molecular complexity index is 2190. The highest BCUT2D eigenvalue weighted by Crippen LogP contribution is 2.33. The number of benzene rings is 4. The van der Waals surface area contributed by atoms with Crippen molar-refractivity contribution in [2.75, 3.05) is 0 Å². The lowest BCUT2D eigenvalue weighted by molar-refractivity contribution is 0.596. The third-order valence-corrected chi connectivity index (χ3v) is 12.5. The standard InChI is InChI=1S/C15H9NO2S2.C15H13NO2S2.CH4/c1-16-14-8-9-15(19-14)20(17,18)13-7-6-11-4-2-3-5-12(11)10-13;16-10-13-6-8-15(19-13)20(17,18)14-7-5-11-3-1-2-4-12(11)9-14;/h2-10H;1-9H,10,16H2;1H4/i;10D2;. The Morgan fingerprint density at radius 1 is 0.659 bits per heavy atom. The maximum Gasteiger partial charge on any atom is 0.242 e. The fraction of sp³-hybridized carbons (Fsp3) is 0.0645. The number of nitrogens with two attached hydrogens (primary N) is 1. The largest absolute Gasteiger partial charge is 0.326 e. The Morgan fingerprint density at radius 3 is 1.56 bits per heavy atom. The van der Waals surface area contributed by atoms with Gasteiger partial charge in [-0.05, 0) is 70.1 Å². The summed E-state index contributed by atoms with van der Waals surface area (Å²) in [5, 5.41) is 4.07. The highest BCUT2D eigenvalue weighted by Gasteiger charge is 2.21. The van der Waals surface area contributed by atoms with Crippen LogP contribution >= 0.6 is 22.7 Å². The summed E-state index contributed by atoms with van der Waals surface area (Å²) in [5.74, 6) is 0. The van der Waals surface area contributed by atoms with Crippen molar-refractivity contribution in [1.29, 1.82) is 0 Å². The molecular weight excluding hydrogens is 593 g/mol. The number of rotatable bonds is 5. The maximum absolute atomic E-state index is 12.7. The molecule has 2 heterocycles. The van der Waals surface area contributed by atoms with Crippen LogP contribution in [-0.4, -0.2) is 16.8 Å². The van der Waals surface area contributed by atoms with Crippen molar-refractivity contribution in [3.63, 3.8) is 0 Å². The molecule has 0 radical (unpaired) electrons. The van der Waals surface area contributed by atoms with Gasteiger partial charge in [0, 0.05) is 14.1 Å². The van der Waals surface area contributed by atoms with Gasteiger partial charge in [0.2, 0.25) is 24.7 Å². The Hall–Kier alpha value is -3.85. The maximum atomic E-state index is 12.7. The molecule has 0 unspecified atom stereocenters. The van der Waals surface area contributed by atoms with Crippen molar-refractivity contribution in [2.24, 2.45) is 5.73 Å². The Kier molecular flexibility index (Phi) is 8.23. The average Bonchev–Trinajstić information content (AvgIpc) is 3.68. The van der Waals surface area contributed by atoms with E-state index in [0.29, 0.717) is 5.00 Å². The van der Waals surface area contributed by atoms with Gasteiger partial charge in [-0.1, -0.05) is 68.1 Å². The van der Waals surface area contributed by atoms with Crippen molar-refractivity contribution in [3.8, 4) is 0 Å². The number of fused-ring (bicyclic) bond motifs is 2. The van der Waals surface area contributed by atoms with E-state index < -0.39 is 26.2 Å². The van der Waals surface area contributed by atoms with Crippen LogP contribution in [0.2, 0.25) is 0 Å². The summed E-state index contributed by atoms with van der Waals surface area (Å²) in [6.07, 6.45) is 0. The van der Waals surface area contributed by atoms with E-state index in [1.165, 1.54) is 24.3 Å². The van der Waals surface area contributed by atoms with Gasteiger partial charge in [-0.25, -0.2) is 21.7 Å². The Labute approximate surface area is 250 Å². The highest BCUT2D eigenvalue weighted by molar-refractivity contribution is 7.94. The zero-order valence-electron chi connectivity index (χ0n) is 22.7. The fourth-order valence-electron chi connectivity index (χ4n) is 3.96. The number of hydrogen-bond acceptors (Lipinski definition) is 7. The van der Waals surface area contributed by atoms with Gasteiger partial charge in [-0.15, -0.1) is 22.7 Å². The van der Waals surface area contributed by atoms with Gasteiger partial charge in [0.1, 0.15) is 8.42 Å². The van der Waals surface area contributed by atoms with Gasteiger partial charge < -0.3 is 5.73 Å². The molecule has 2 N–H and O–H groups in total. The number of nitrogens with zero attached hydrogens (tertiary/aromatic N) is 1. The third kappa shape index (κ3) is 6.25. The van der Waals surface area contributed by atoms with Crippen LogP contribution in [0.15, 0.2) is 127 Å². The van der Waals surface area contributed by atoms with Gasteiger partial charge >= 0.3 is 0 Å². The van der Waals surface area contributed by atoms with E-state index in [1.54, 1.807) is 36.4 Å². The van der Waals surface area contributed by atoms with Crippen LogP contribution in [0.25, 0.3) is 26.4 Å². The van der Waals surface area contributed by atoms with Gasteiger partial charge in [0.25, 0.3) is 0 Å². The Morgan fingerprint density at radius 2 is 1.12 bits per heavy atom. The molecule has 0 bridgehead atoms. The topological polar surface area (TPSA) is 98.7 Å². The molecular formula is C31H26N2O4S4. The third-order valence-electron chi connectivity index (χ3n) is 5.99. The minimum Gasteiger partial charge on any atom is -0.326 e. The first kappa shape index (κ1) is 27.3. The quantitative estimate of drug-likeness (QED) is 0.196. The molecule has 0 aliphatic rings. The highest BCUT2D eigenvalue weighted by atomic mass is 32.2. The molecule has 4 aromatic carbocycles. The summed E-state index contributed by atoms with van der Waals surface area (Å²) < 4.78 is 65.6. The minimum atomic E-state index is -3.67. The lowest BCUT2D eigenvalue weighted by atomic mass is 10.1. The molecule has 0 atom stereocenters. The van der Waals surface area contributed by atoms with E-state index >= 15 is 0 Å². The van der Waals surface area contributed by atoms with E-state index in [1.807, 2.05) is 48.5 Å². The molecule has 208 valence electrons. The Balaban J connectivity index is 0.000000193. The normalized spacial score (nSPS) is 12.4. The van der Waals surface area contributed by atoms with Crippen LogP contribution in [-0.2, 0) is 26.2 Å². The molecule has 6 rings (SSSR count). The second-order valence-corrected chi connectivity index (χ2v) is 15.0. The van der Waals surface area contributed by atoms with E-state index in [9.17, 15) is 16.8 Å². The van der Waals surface area contributed by atoms with E-state index in [0.717, 1.165) is 44.2 Å². The number of hydrogen-bond donors (Lipinski definition) is 1. The van der Waals surface area contributed by atoms with E-state index in [2.05, 4.69) is 4.85 Å². The molecule has 0 saturated heterocycles. The van der Waals surface area contributed by atoms with Gasteiger partial charge in [0.05, 0.1) is 16.4 Å². The molecule has 10 heteroatoms. The molecule has 2 aromatic heterocycles. The number of thiophene rings is 2. The molecule has 6 aromatic rings. The van der Waals surface area contributed by atoms with Crippen molar-refractivity contribution >= 4 is 68.9 Å². The monoisotopic (exact) mass is 620 g/mol. The summed E-state index contributed by atoms with van der Waals surface area (Å²) in [6, 6.07) is 31.0. The summed E-state index contributed by atoms with van der Waals surface area (Å²) in [7, 11) is -7.22. The second-order valence-electron chi connectivity index (χ2n) is 8.49. The zero-order valence-corrected chi connectivity index (χ0v) is 23.9. The van der Waals surface area contributed by atoms with Crippen LogP contribution in [0, 0.1) is 6.57 Å². The molecule has 0 fully saturated rings. The lowest BCUT2D eigenvalue weighted by Crippen LogP contribution is -1.99. The van der Waals surface area contributed by atoms with E-state index in [4.69, 9.17) is 15.0 Å². The van der Waals surface area contributed by atoms with Gasteiger partial charge in [-0.2, -0.15) is 0 Å². The predicted molar refractivity (Wildman–Crippen MR) is 168 cm³/mol. The SMILES string of the molecule is C.[2H]C([2H])(N)c1ccc(S(=O)(=O)c2ccc3ccccc3c2)s1.[C-]#[N+]c1ccc(S(=O)(=O)c2ccc3ccccc3c2)s1. The fourth-order valence-corrected chi connectivity index (χ4v) is 9.03. The first-order chi connectivity index (χ1) is 19.9. The van der Waals surface area contributed by atoms with Crippen molar-refractivity contribution in [3.05, 3.63) is 125 Å². The summed E-state index contributed by atoms with van der Waals surface area (Å²) in [4.78, 5) is 3.89. The molecule has 0 saturated carbocycles. The zero-order chi connectivity index (χ0) is 30.1. The van der Waals surface area contributed by atoms with Gasteiger partial charge in [0.15, 0.2) is 0 Å². The molecule has 6 nitrogen and oxygen atoms in total. The van der Waals surface area contributed by atoms with Crippen molar-refractivity contribution in [1.82, 2.24) is 0 Å². The smallest absolute Gasteiger partial charge is 0.242 e. The van der Waals surface area contributed by atoms with Crippen LogP contribution in [0.4, 0.5) is 5.00 Å². The lowest BCUT2D eigenvalue weighted by Gasteiger charge is -2.04. The summed E-state index contributed by atoms with van der Waals surface area (Å²) in [5.41, 5.74) is 5.38. The summed E-state index contributed by atoms with van der Waals surface area (Å²) >= 11 is 1.86. The van der Waals surface area contributed by atoms with Crippen LogP contribution in [0.3, 0.4) is 0 Å². The molecule has 0 aliphatic heterocycles. The first-order valence-electron chi connectivity index (χ1n) is 12.7. The molecule has 0 aliphatic carbocycles. The van der Waals surface area contributed by atoms with Crippen molar-refractivity contribution < 1.29 is 19.6 Å². The minimum absolute atomic E-state index is 0. The first-order valence-corrected chi connectivity index (χ1v) is 16.3. The average molecular weight is 621 g/mol. The van der Waals surface area contributed by atoms with Gasteiger partial charge in [-0.3, -0.25) is 0 Å².